The van der Waals surface area contributed by atoms with Crippen LogP contribution in [0.2, 0.25) is 0 Å². The lowest BCUT2D eigenvalue weighted by Crippen LogP contribution is -2.25. The van der Waals surface area contributed by atoms with Crippen LogP contribution in [0.4, 0.5) is 16.2 Å². The summed E-state index contributed by atoms with van der Waals surface area (Å²) in [5.41, 5.74) is 8.43. The van der Waals surface area contributed by atoms with Gasteiger partial charge in [0.2, 0.25) is 0 Å². The summed E-state index contributed by atoms with van der Waals surface area (Å²) in [7, 11) is 0.379. The van der Waals surface area contributed by atoms with E-state index in [0.29, 0.717) is 16.5 Å². The molecule has 1 unspecified atom stereocenters. The average molecular weight is 484 g/mol. The maximum Gasteiger partial charge on any atom is 0.316 e. The summed E-state index contributed by atoms with van der Waals surface area (Å²) in [6, 6.07) is 12.3. The number of nitrogens with zero attached hydrogens (tertiary/aromatic N) is 3. The number of nitrogens with one attached hydrogen (secondary N) is 1. The average Bonchev–Trinajstić information content (AvgIpc) is 3.17. The van der Waals surface area contributed by atoms with Crippen LogP contribution in [0.1, 0.15) is 39.4 Å². The zero-order valence-corrected chi connectivity index (χ0v) is 21.0. The van der Waals surface area contributed by atoms with Crippen molar-refractivity contribution in [3.05, 3.63) is 48.3 Å². The SMILES string of the molecule is CN(c1ccc2c(c1)nc(C(C)(C)C)n2CC1CCOCC1)S(=O)c1ccc(NC(N)=O)cc1. The van der Waals surface area contributed by atoms with Gasteiger partial charge in [0.1, 0.15) is 5.82 Å². The molecule has 8 nitrogen and oxygen atoms in total. The van der Waals surface area contributed by atoms with Crippen LogP contribution in [0.5, 0.6) is 0 Å². The lowest BCUT2D eigenvalue weighted by molar-refractivity contribution is 0.0611. The van der Waals surface area contributed by atoms with Crippen molar-refractivity contribution in [2.24, 2.45) is 11.7 Å². The maximum absolute atomic E-state index is 13.2. The second-order valence-electron chi connectivity index (χ2n) is 9.79. The van der Waals surface area contributed by atoms with Crippen LogP contribution in [0, 0.1) is 5.92 Å². The number of amides is 2. The van der Waals surface area contributed by atoms with Gasteiger partial charge in [-0.05, 0) is 61.2 Å². The van der Waals surface area contributed by atoms with E-state index in [1.54, 1.807) is 35.6 Å². The zero-order chi connectivity index (χ0) is 24.5. The molecule has 0 radical (unpaired) electrons. The smallest absolute Gasteiger partial charge is 0.316 e. The number of aromatic nitrogens is 2. The molecule has 0 spiro atoms. The highest BCUT2D eigenvalue weighted by Gasteiger charge is 2.26. The van der Waals surface area contributed by atoms with Crippen molar-refractivity contribution in [2.75, 3.05) is 29.9 Å². The van der Waals surface area contributed by atoms with Crippen LogP contribution in [-0.4, -0.2) is 40.1 Å². The minimum absolute atomic E-state index is 0.0975. The molecule has 0 aliphatic carbocycles. The Morgan fingerprint density at radius 3 is 2.50 bits per heavy atom. The number of imidazole rings is 1. The molecule has 1 fully saturated rings. The van der Waals surface area contributed by atoms with Gasteiger partial charge in [0.25, 0.3) is 0 Å². The lowest BCUT2D eigenvalue weighted by atomic mass is 9.94. The van der Waals surface area contributed by atoms with E-state index in [2.05, 4.69) is 36.7 Å². The normalized spacial score (nSPS) is 15.9. The number of rotatable bonds is 6. The molecule has 182 valence electrons. The molecule has 9 heteroatoms. The Hall–Kier alpha value is -2.91. The van der Waals surface area contributed by atoms with E-state index in [0.717, 1.165) is 55.1 Å². The molecule has 3 N–H and O–H groups in total. The number of primary amides is 1. The second kappa shape index (κ2) is 9.76. The second-order valence-corrected chi connectivity index (χ2v) is 11.3. The summed E-state index contributed by atoms with van der Waals surface area (Å²) in [4.78, 5) is 16.7. The summed E-state index contributed by atoms with van der Waals surface area (Å²) in [5.74, 6) is 1.64. The Balaban J connectivity index is 1.62. The fraction of sp³-hybridized carbons (Fsp3) is 0.440. The van der Waals surface area contributed by atoms with Crippen LogP contribution in [0.3, 0.4) is 0 Å². The van der Waals surface area contributed by atoms with Gasteiger partial charge in [0.05, 0.1) is 21.6 Å². The van der Waals surface area contributed by atoms with Gasteiger partial charge in [-0.2, -0.15) is 0 Å². The predicted molar refractivity (Wildman–Crippen MR) is 136 cm³/mol. The highest BCUT2D eigenvalue weighted by Crippen LogP contribution is 2.31. The number of fused-ring (bicyclic) bond motifs is 1. The van der Waals surface area contributed by atoms with Gasteiger partial charge in [-0.25, -0.2) is 14.0 Å². The zero-order valence-electron chi connectivity index (χ0n) is 20.2. The van der Waals surface area contributed by atoms with Crippen LogP contribution in [-0.2, 0) is 27.7 Å². The molecule has 2 amide bonds. The number of benzene rings is 2. The van der Waals surface area contributed by atoms with Gasteiger partial charge >= 0.3 is 6.03 Å². The van der Waals surface area contributed by atoms with E-state index in [1.165, 1.54) is 0 Å². The van der Waals surface area contributed by atoms with Crippen molar-refractivity contribution >= 4 is 39.4 Å². The minimum Gasteiger partial charge on any atom is -0.381 e. The third-order valence-corrected chi connectivity index (χ3v) is 7.50. The van der Waals surface area contributed by atoms with Gasteiger partial charge in [0, 0.05) is 37.9 Å². The van der Waals surface area contributed by atoms with Gasteiger partial charge in [0.15, 0.2) is 11.0 Å². The molecule has 1 aliphatic rings. The van der Waals surface area contributed by atoms with Crippen molar-refractivity contribution in [2.45, 2.75) is 50.5 Å². The number of carbonyl (C=O) groups excluding carboxylic acids is 1. The molecule has 1 aromatic heterocycles. The molecular formula is C25H33N5O3S. The van der Waals surface area contributed by atoms with Gasteiger partial charge in [-0.3, -0.25) is 4.31 Å². The Bertz CT molecular complexity index is 1190. The molecular weight excluding hydrogens is 450 g/mol. The molecule has 2 aromatic carbocycles. The first-order valence-corrected chi connectivity index (χ1v) is 12.6. The molecule has 0 bridgehead atoms. The Labute approximate surface area is 203 Å². The van der Waals surface area contributed by atoms with Gasteiger partial charge in [-0.1, -0.05) is 20.8 Å². The van der Waals surface area contributed by atoms with Crippen LogP contribution in [0.15, 0.2) is 47.4 Å². The lowest BCUT2D eigenvalue weighted by Gasteiger charge is -2.26. The quantitative estimate of drug-likeness (QED) is 0.542. The molecule has 4 rings (SSSR count). The highest BCUT2D eigenvalue weighted by atomic mass is 32.2. The molecule has 1 saturated heterocycles. The summed E-state index contributed by atoms with van der Waals surface area (Å²) < 4.78 is 22.8. The van der Waals surface area contributed by atoms with E-state index >= 15 is 0 Å². The van der Waals surface area contributed by atoms with E-state index in [1.807, 2.05) is 12.1 Å². The van der Waals surface area contributed by atoms with E-state index in [4.69, 9.17) is 15.5 Å². The number of urea groups is 1. The largest absolute Gasteiger partial charge is 0.381 e. The van der Waals surface area contributed by atoms with Crippen LogP contribution in [0.25, 0.3) is 11.0 Å². The van der Waals surface area contributed by atoms with E-state index in [-0.39, 0.29) is 5.41 Å². The van der Waals surface area contributed by atoms with E-state index < -0.39 is 17.0 Å². The Morgan fingerprint density at radius 2 is 1.88 bits per heavy atom. The number of hydrogen-bond donors (Lipinski definition) is 2. The molecule has 2 heterocycles. The van der Waals surface area contributed by atoms with Gasteiger partial charge < -0.3 is 20.4 Å². The number of ether oxygens (including phenoxy) is 1. The number of hydrogen-bond acceptors (Lipinski definition) is 4. The fourth-order valence-corrected chi connectivity index (χ4v) is 5.30. The van der Waals surface area contributed by atoms with Gasteiger partial charge in [-0.15, -0.1) is 0 Å². The predicted octanol–water partition coefficient (Wildman–Crippen LogP) is 4.41. The van der Waals surface area contributed by atoms with Crippen molar-refractivity contribution in [1.29, 1.82) is 0 Å². The van der Waals surface area contributed by atoms with Crippen molar-refractivity contribution in [1.82, 2.24) is 9.55 Å². The monoisotopic (exact) mass is 483 g/mol. The van der Waals surface area contributed by atoms with Crippen LogP contribution >= 0.6 is 0 Å². The number of anilines is 2. The molecule has 34 heavy (non-hydrogen) atoms. The summed E-state index contributed by atoms with van der Waals surface area (Å²) >= 11 is 0. The number of carbonyl (C=O) groups is 1. The third-order valence-electron chi connectivity index (χ3n) is 6.12. The first-order chi connectivity index (χ1) is 16.1. The highest BCUT2D eigenvalue weighted by molar-refractivity contribution is 7.86. The first-order valence-electron chi connectivity index (χ1n) is 11.5. The first kappa shape index (κ1) is 24.2. The summed E-state index contributed by atoms with van der Waals surface area (Å²) in [5, 5.41) is 2.51. The maximum atomic E-state index is 13.2. The minimum atomic E-state index is -1.42. The van der Waals surface area contributed by atoms with Crippen LogP contribution < -0.4 is 15.4 Å². The topological polar surface area (TPSA) is 102 Å². The fourth-order valence-electron chi connectivity index (χ4n) is 4.31. The Kier molecular flexibility index (Phi) is 6.95. The van der Waals surface area contributed by atoms with Crippen molar-refractivity contribution in [3.63, 3.8) is 0 Å². The van der Waals surface area contributed by atoms with Crippen molar-refractivity contribution < 1.29 is 13.7 Å². The molecule has 1 aliphatic heterocycles. The molecule has 1 atom stereocenters. The third kappa shape index (κ3) is 5.26. The molecule has 0 saturated carbocycles. The summed E-state index contributed by atoms with van der Waals surface area (Å²) in [6.07, 6.45) is 2.13. The van der Waals surface area contributed by atoms with E-state index in [9.17, 15) is 9.00 Å². The number of nitrogens with two attached hydrogens (primary N) is 1. The standard InChI is InChI=1S/C25H33N5O3S/c1-25(2,3)23-28-21-15-19(7-10-22(21)30(23)16-17-11-13-33-14-12-17)29(4)34(32)20-8-5-18(6-9-20)27-24(26)31/h5-10,15,17H,11-14,16H2,1-4H3,(H3,26,27,31). The Morgan fingerprint density at radius 1 is 1.21 bits per heavy atom. The summed E-state index contributed by atoms with van der Waals surface area (Å²) in [6.45, 7) is 9.14. The molecule has 3 aromatic rings. The van der Waals surface area contributed by atoms with Crippen molar-refractivity contribution in [3.8, 4) is 0 Å².